The minimum Gasteiger partial charge on any atom is -0.469 e. The monoisotopic (exact) mass is 152 g/mol. The summed E-state index contributed by atoms with van der Waals surface area (Å²) in [6.45, 7) is 1.82. The van der Waals surface area contributed by atoms with Crippen LogP contribution in [0, 0.1) is 5.92 Å². The first kappa shape index (κ1) is 9.33. The maximum absolute atomic E-state index is 12.3. The van der Waals surface area contributed by atoms with Gasteiger partial charge in [0, 0.05) is 6.92 Å². The van der Waals surface area contributed by atoms with Gasteiger partial charge in [-0.05, 0) is 6.92 Å². The van der Waals surface area contributed by atoms with Gasteiger partial charge in [0.1, 0.15) is 5.92 Å². The zero-order valence-electron chi connectivity index (χ0n) is 6.15. The summed E-state index contributed by atoms with van der Waals surface area (Å²) >= 11 is 0. The van der Waals surface area contributed by atoms with Crippen LogP contribution in [0.1, 0.15) is 13.8 Å². The van der Waals surface area contributed by atoms with E-state index in [0.717, 1.165) is 14.0 Å². The van der Waals surface area contributed by atoms with Crippen molar-refractivity contribution >= 4 is 5.97 Å². The smallest absolute Gasteiger partial charge is 0.314 e. The largest absolute Gasteiger partial charge is 0.469 e. The lowest BCUT2D eigenvalue weighted by atomic mass is 10.1. The topological polar surface area (TPSA) is 26.3 Å². The second kappa shape index (κ2) is 2.94. The van der Waals surface area contributed by atoms with Crippen LogP contribution < -0.4 is 0 Å². The van der Waals surface area contributed by atoms with Crippen LogP contribution in [0.3, 0.4) is 0 Å². The van der Waals surface area contributed by atoms with Gasteiger partial charge in [-0.3, -0.25) is 4.79 Å². The highest BCUT2D eigenvalue weighted by atomic mass is 19.3. The molecule has 0 aromatic carbocycles. The number of carbonyl (C=O) groups is 1. The lowest BCUT2D eigenvalue weighted by Crippen LogP contribution is -2.29. The van der Waals surface area contributed by atoms with Gasteiger partial charge in [0.2, 0.25) is 0 Å². The summed E-state index contributed by atoms with van der Waals surface area (Å²) in [5.41, 5.74) is 0. The van der Waals surface area contributed by atoms with Crippen molar-refractivity contribution in [2.24, 2.45) is 5.92 Å². The Morgan fingerprint density at radius 1 is 1.60 bits per heavy atom. The number of rotatable bonds is 2. The summed E-state index contributed by atoms with van der Waals surface area (Å²) in [4.78, 5) is 10.5. The molecule has 2 nitrogen and oxygen atoms in total. The first-order valence-electron chi connectivity index (χ1n) is 2.85. The zero-order chi connectivity index (χ0) is 8.36. The van der Waals surface area contributed by atoms with Gasteiger partial charge in [0.05, 0.1) is 7.11 Å². The second-order valence-corrected chi connectivity index (χ2v) is 2.20. The molecule has 0 heterocycles. The average molecular weight is 152 g/mol. The van der Waals surface area contributed by atoms with Crippen LogP contribution >= 0.6 is 0 Å². The Morgan fingerprint density at radius 3 is 2.10 bits per heavy atom. The molecule has 0 saturated heterocycles. The van der Waals surface area contributed by atoms with E-state index in [-0.39, 0.29) is 0 Å². The molecule has 4 heteroatoms. The fraction of sp³-hybridized carbons (Fsp3) is 0.833. The van der Waals surface area contributed by atoms with Gasteiger partial charge in [-0.2, -0.15) is 0 Å². The van der Waals surface area contributed by atoms with Crippen molar-refractivity contribution in [3.05, 3.63) is 0 Å². The molecule has 0 aromatic rings. The fourth-order valence-electron chi connectivity index (χ4n) is 0.384. The number of carbonyl (C=O) groups excluding carboxylic acids is 1. The first-order chi connectivity index (χ1) is 4.39. The van der Waals surface area contributed by atoms with E-state index in [9.17, 15) is 13.6 Å². The highest BCUT2D eigenvalue weighted by Crippen LogP contribution is 2.23. The van der Waals surface area contributed by atoms with E-state index in [1.54, 1.807) is 0 Å². The molecule has 1 unspecified atom stereocenters. The van der Waals surface area contributed by atoms with Gasteiger partial charge >= 0.3 is 5.97 Å². The third-order valence-corrected chi connectivity index (χ3v) is 1.32. The van der Waals surface area contributed by atoms with E-state index < -0.39 is 17.8 Å². The van der Waals surface area contributed by atoms with Gasteiger partial charge in [-0.15, -0.1) is 0 Å². The molecule has 0 aromatic heterocycles. The van der Waals surface area contributed by atoms with E-state index in [2.05, 4.69) is 4.74 Å². The Bertz CT molecular complexity index is 128. The normalized spacial score (nSPS) is 14.5. The van der Waals surface area contributed by atoms with Gasteiger partial charge in [0.15, 0.2) is 0 Å². The van der Waals surface area contributed by atoms with Gasteiger partial charge in [-0.1, -0.05) is 0 Å². The predicted molar refractivity (Wildman–Crippen MR) is 31.8 cm³/mol. The lowest BCUT2D eigenvalue weighted by Gasteiger charge is -2.15. The number of halogens is 2. The third kappa shape index (κ3) is 2.29. The molecule has 0 N–H and O–H groups in total. The molecule has 0 radical (unpaired) electrons. The Morgan fingerprint density at radius 2 is 2.00 bits per heavy atom. The van der Waals surface area contributed by atoms with Crippen molar-refractivity contribution in [1.82, 2.24) is 0 Å². The molecule has 0 fully saturated rings. The van der Waals surface area contributed by atoms with Crippen LogP contribution in [0.4, 0.5) is 8.78 Å². The number of hydrogen-bond donors (Lipinski definition) is 0. The summed E-state index contributed by atoms with van der Waals surface area (Å²) in [5, 5.41) is 0. The van der Waals surface area contributed by atoms with Crippen molar-refractivity contribution in [3.8, 4) is 0 Å². The summed E-state index contributed by atoms with van der Waals surface area (Å²) in [6, 6.07) is 0. The van der Waals surface area contributed by atoms with Gasteiger partial charge in [0.25, 0.3) is 5.92 Å². The Hall–Kier alpha value is -0.670. The number of esters is 1. The number of alkyl halides is 2. The molecule has 0 spiro atoms. The van der Waals surface area contributed by atoms with Crippen LogP contribution in [0.15, 0.2) is 0 Å². The molecule has 0 saturated carbocycles. The number of hydrogen-bond acceptors (Lipinski definition) is 2. The number of methoxy groups -OCH3 is 1. The molecule has 0 aliphatic rings. The first-order valence-corrected chi connectivity index (χ1v) is 2.85. The highest BCUT2D eigenvalue weighted by Gasteiger charge is 2.36. The third-order valence-electron chi connectivity index (χ3n) is 1.32. The van der Waals surface area contributed by atoms with Crippen molar-refractivity contribution in [3.63, 3.8) is 0 Å². The van der Waals surface area contributed by atoms with E-state index in [0.29, 0.717) is 6.92 Å². The predicted octanol–water partition coefficient (Wildman–Crippen LogP) is 1.45. The standard InChI is InChI=1S/C6H10F2O2/c1-4(5(9)10-3)6(2,7)8/h4H,1-3H3. The minimum atomic E-state index is -2.99. The molecule has 0 amide bonds. The maximum Gasteiger partial charge on any atom is 0.314 e. The Kier molecular flexibility index (Phi) is 2.75. The van der Waals surface area contributed by atoms with E-state index >= 15 is 0 Å². The van der Waals surface area contributed by atoms with Crippen LogP contribution in [0.2, 0.25) is 0 Å². The van der Waals surface area contributed by atoms with Crippen LogP contribution in [-0.2, 0) is 9.53 Å². The average Bonchev–Trinajstić information content (AvgIpc) is 1.83. The molecule has 10 heavy (non-hydrogen) atoms. The van der Waals surface area contributed by atoms with Gasteiger partial charge < -0.3 is 4.74 Å². The van der Waals surface area contributed by atoms with Crippen LogP contribution in [0.25, 0.3) is 0 Å². The van der Waals surface area contributed by atoms with E-state index in [4.69, 9.17) is 0 Å². The van der Waals surface area contributed by atoms with Crippen LogP contribution in [0.5, 0.6) is 0 Å². The fourth-order valence-corrected chi connectivity index (χ4v) is 0.384. The van der Waals surface area contributed by atoms with Gasteiger partial charge in [-0.25, -0.2) is 8.78 Å². The Labute approximate surface area is 58.2 Å². The lowest BCUT2D eigenvalue weighted by molar-refractivity contribution is -0.156. The zero-order valence-corrected chi connectivity index (χ0v) is 6.15. The van der Waals surface area contributed by atoms with Crippen molar-refractivity contribution in [2.75, 3.05) is 7.11 Å². The van der Waals surface area contributed by atoms with Crippen molar-refractivity contribution < 1.29 is 18.3 Å². The molecule has 0 aliphatic heterocycles. The Balaban J connectivity index is 4.08. The van der Waals surface area contributed by atoms with Crippen molar-refractivity contribution in [1.29, 1.82) is 0 Å². The van der Waals surface area contributed by atoms with E-state index in [1.165, 1.54) is 0 Å². The summed E-state index contributed by atoms with van der Waals surface area (Å²) < 4.78 is 28.6. The number of ether oxygens (including phenoxy) is 1. The SMILES string of the molecule is COC(=O)C(C)C(C)(F)F. The highest BCUT2D eigenvalue weighted by molar-refractivity contribution is 5.72. The quantitative estimate of drug-likeness (QED) is 0.560. The molecule has 0 bridgehead atoms. The maximum atomic E-state index is 12.3. The van der Waals surface area contributed by atoms with E-state index in [1.807, 2.05) is 0 Å². The molecule has 60 valence electrons. The van der Waals surface area contributed by atoms with Crippen LogP contribution in [-0.4, -0.2) is 19.0 Å². The molecular weight excluding hydrogens is 142 g/mol. The molecular formula is C6H10F2O2. The summed E-state index contributed by atoms with van der Waals surface area (Å²) in [6.07, 6.45) is 0. The minimum absolute atomic E-state index is 0.689. The molecule has 1 atom stereocenters. The van der Waals surface area contributed by atoms with Crippen molar-refractivity contribution in [2.45, 2.75) is 19.8 Å². The second-order valence-electron chi connectivity index (χ2n) is 2.20. The summed E-state index contributed by atoms with van der Waals surface area (Å²) in [7, 11) is 1.09. The summed E-state index contributed by atoms with van der Waals surface area (Å²) in [5.74, 6) is -5.24. The molecule has 0 aliphatic carbocycles. The molecule has 0 rings (SSSR count).